The average Bonchev–Trinajstić information content (AvgIpc) is 3.10. The van der Waals surface area contributed by atoms with Crippen molar-refractivity contribution in [1.82, 2.24) is 25.5 Å². The molecule has 0 aliphatic carbocycles. The summed E-state index contributed by atoms with van der Waals surface area (Å²) in [6, 6.07) is 15.4. The van der Waals surface area contributed by atoms with Gasteiger partial charge in [0.1, 0.15) is 0 Å². The van der Waals surface area contributed by atoms with Crippen LogP contribution in [0.1, 0.15) is 28.4 Å². The third-order valence-electron chi connectivity index (χ3n) is 3.79. The molecule has 1 amide bonds. The van der Waals surface area contributed by atoms with Crippen LogP contribution >= 0.6 is 0 Å². The van der Waals surface area contributed by atoms with E-state index < -0.39 is 0 Å². The van der Waals surface area contributed by atoms with Crippen molar-refractivity contribution in [2.75, 3.05) is 0 Å². The Morgan fingerprint density at radius 3 is 2.71 bits per heavy atom. The molecule has 0 saturated heterocycles. The van der Waals surface area contributed by atoms with Crippen LogP contribution < -0.4 is 5.32 Å². The van der Waals surface area contributed by atoms with Crippen molar-refractivity contribution < 1.29 is 4.79 Å². The average molecular weight is 321 g/mol. The monoisotopic (exact) mass is 321 g/mol. The molecule has 0 bridgehead atoms. The minimum atomic E-state index is -0.118. The molecule has 24 heavy (non-hydrogen) atoms. The number of carbonyl (C=O) groups is 1. The van der Waals surface area contributed by atoms with Crippen LogP contribution in [0.2, 0.25) is 0 Å². The molecule has 2 aromatic carbocycles. The highest BCUT2D eigenvalue weighted by Gasteiger charge is 2.11. The van der Waals surface area contributed by atoms with Crippen molar-refractivity contribution in [3.05, 3.63) is 65.2 Å². The normalized spacial score (nSPS) is 10.6. The first-order valence-corrected chi connectivity index (χ1v) is 7.87. The molecular weight excluding hydrogens is 302 g/mol. The zero-order valence-corrected chi connectivity index (χ0v) is 13.7. The van der Waals surface area contributed by atoms with Gasteiger partial charge in [-0.1, -0.05) is 42.0 Å². The third-order valence-corrected chi connectivity index (χ3v) is 3.79. The highest BCUT2D eigenvalue weighted by molar-refractivity contribution is 5.95. The van der Waals surface area contributed by atoms with Gasteiger partial charge in [0.15, 0.2) is 5.82 Å². The maximum atomic E-state index is 12.4. The molecule has 122 valence electrons. The molecule has 3 rings (SSSR count). The first kappa shape index (κ1) is 15.9. The number of benzene rings is 2. The molecule has 0 radical (unpaired) electrons. The quantitative estimate of drug-likeness (QED) is 0.784. The smallest absolute Gasteiger partial charge is 0.251 e. The Labute approximate surface area is 140 Å². The molecule has 0 unspecified atom stereocenters. The van der Waals surface area contributed by atoms with Crippen molar-refractivity contribution >= 4 is 5.91 Å². The van der Waals surface area contributed by atoms with E-state index >= 15 is 0 Å². The Morgan fingerprint density at radius 1 is 1.17 bits per heavy atom. The van der Waals surface area contributed by atoms with Crippen LogP contribution in [-0.2, 0) is 13.1 Å². The first-order valence-electron chi connectivity index (χ1n) is 7.87. The van der Waals surface area contributed by atoms with Gasteiger partial charge in [0.05, 0.1) is 0 Å². The Morgan fingerprint density at radius 2 is 1.96 bits per heavy atom. The molecule has 0 atom stereocenters. The van der Waals surface area contributed by atoms with Crippen LogP contribution in [-0.4, -0.2) is 26.1 Å². The predicted molar refractivity (Wildman–Crippen MR) is 91.3 cm³/mol. The van der Waals surface area contributed by atoms with Gasteiger partial charge < -0.3 is 5.32 Å². The number of carbonyl (C=O) groups excluding carboxylic acids is 1. The Balaban J connectivity index is 1.73. The number of nitrogens with zero attached hydrogens (tertiary/aromatic N) is 4. The van der Waals surface area contributed by atoms with E-state index in [-0.39, 0.29) is 5.91 Å². The number of nitrogens with one attached hydrogen (secondary N) is 1. The van der Waals surface area contributed by atoms with Crippen LogP contribution in [0.5, 0.6) is 0 Å². The van der Waals surface area contributed by atoms with Crippen LogP contribution in [0.4, 0.5) is 0 Å². The number of hydrogen-bond acceptors (Lipinski definition) is 4. The van der Waals surface area contributed by atoms with Crippen molar-refractivity contribution in [2.24, 2.45) is 0 Å². The second-order valence-corrected chi connectivity index (χ2v) is 5.57. The maximum Gasteiger partial charge on any atom is 0.251 e. The SMILES string of the molecule is CCn1nnnc1-c1cccc(C(=O)NCc2ccc(C)cc2)c1. The summed E-state index contributed by atoms with van der Waals surface area (Å²) in [5.74, 6) is 0.540. The van der Waals surface area contributed by atoms with Crippen LogP contribution in [0, 0.1) is 6.92 Å². The van der Waals surface area contributed by atoms with Crippen LogP contribution in [0.3, 0.4) is 0 Å². The largest absolute Gasteiger partial charge is 0.348 e. The lowest BCUT2D eigenvalue weighted by Crippen LogP contribution is -2.22. The standard InChI is InChI=1S/C18H19N5O/c1-3-23-17(20-21-22-23)15-5-4-6-16(11-15)18(24)19-12-14-9-7-13(2)8-10-14/h4-11H,3,12H2,1-2H3,(H,19,24). The fourth-order valence-corrected chi connectivity index (χ4v) is 2.41. The lowest BCUT2D eigenvalue weighted by Gasteiger charge is -2.07. The molecule has 0 spiro atoms. The molecule has 1 heterocycles. The number of aryl methyl sites for hydroxylation is 2. The van der Waals surface area contributed by atoms with Crippen molar-refractivity contribution in [3.63, 3.8) is 0 Å². The van der Waals surface area contributed by atoms with Crippen molar-refractivity contribution in [3.8, 4) is 11.4 Å². The molecule has 1 N–H and O–H groups in total. The van der Waals surface area contributed by atoms with Gasteiger partial charge >= 0.3 is 0 Å². The number of tetrazole rings is 1. The Hall–Kier alpha value is -3.02. The van der Waals surface area contributed by atoms with Gasteiger partial charge in [-0.15, -0.1) is 5.10 Å². The minimum Gasteiger partial charge on any atom is -0.348 e. The topological polar surface area (TPSA) is 72.7 Å². The van der Waals surface area contributed by atoms with Crippen molar-refractivity contribution in [1.29, 1.82) is 0 Å². The van der Waals surface area contributed by atoms with Gasteiger partial charge in [0.2, 0.25) is 0 Å². The molecule has 6 heteroatoms. The van der Waals surface area contributed by atoms with E-state index in [2.05, 4.69) is 20.8 Å². The van der Waals surface area contributed by atoms with E-state index in [0.29, 0.717) is 24.5 Å². The first-order chi connectivity index (χ1) is 11.7. The molecule has 0 aliphatic rings. The van der Waals surface area contributed by atoms with E-state index in [0.717, 1.165) is 11.1 Å². The van der Waals surface area contributed by atoms with E-state index in [1.54, 1.807) is 10.7 Å². The zero-order chi connectivity index (χ0) is 16.9. The summed E-state index contributed by atoms with van der Waals surface area (Å²) in [4.78, 5) is 12.4. The summed E-state index contributed by atoms with van der Waals surface area (Å²) >= 11 is 0. The van der Waals surface area contributed by atoms with Gasteiger partial charge in [-0.2, -0.15) is 0 Å². The van der Waals surface area contributed by atoms with Gasteiger partial charge in [0, 0.05) is 24.2 Å². The van der Waals surface area contributed by atoms with E-state index in [4.69, 9.17) is 0 Å². The molecule has 0 saturated carbocycles. The van der Waals surface area contributed by atoms with Gasteiger partial charge in [-0.3, -0.25) is 4.79 Å². The van der Waals surface area contributed by atoms with Crippen LogP contribution in [0.15, 0.2) is 48.5 Å². The summed E-state index contributed by atoms with van der Waals surface area (Å²) in [6.45, 7) is 5.18. The third kappa shape index (κ3) is 3.48. The van der Waals surface area contributed by atoms with E-state index in [1.165, 1.54) is 5.56 Å². The number of rotatable bonds is 5. The zero-order valence-electron chi connectivity index (χ0n) is 13.7. The highest BCUT2D eigenvalue weighted by atomic mass is 16.1. The molecule has 1 aromatic heterocycles. The maximum absolute atomic E-state index is 12.4. The van der Waals surface area contributed by atoms with Gasteiger partial charge in [-0.25, -0.2) is 4.68 Å². The van der Waals surface area contributed by atoms with E-state index in [9.17, 15) is 4.79 Å². The Kier molecular flexibility index (Phi) is 4.65. The number of amides is 1. The van der Waals surface area contributed by atoms with Gasteiger partial charge in [-0.05, 0) is 42.0 Å². The molecule has 0 fully saturated rings. The fourth-order valence-electron chi connectivity index (χ4n) is 2.41. The lowest BCUT2D eigenvalue weighted by atomic mass is 10.1. The second-order valence-electron chi connectivity index (χ2n) is 5.57. The highest BCUT2D eigenvalue weighted by Crippen LogP contribution is 2.17. The summed E-state index contributed by atoms with van der Waals surface area (Å²) < 4.78 is 1.70. The Bertz CT molecular complexity index is 839. The fraction of sp³-hybridized carbons (Fsp3) is 0.222. The predicted octanol–water partition coefficient (Wildman–Crippen LogP) is 2.60. The van der Waals surface area contributed by atoms with Crippen LogP contribution in [0.25, 0.3) is 11.4 Å². The molecular formula is C18H19N5O. The molecule has 3 aromatic rings. The lowest BCUT2D eigenvalue weighted by molar-refractivity contribution is 0.0951. The number of hydrogen-bond donors (Lipinski definition) is 1. The van der Waals surface area contributed by atoms with Gasteiger partial charge in [0.25, 0.3) is 5.91 Å². The molecule has 6 nitrogen and oxygen atoms in total. The number of aromatic nitrogens is 4. The summed E-state index contributed by atoms with van der Waals surface area (Å²) in [6.07, 6.45) is 0. The summed E-state index contributed by atoms with van der Waals surface area (Å²) in [5.41, 5.74) is 3.68. The van der Waals surface area contributed by atoms with Crippen molar-refractivity contribution in [2.45, 2.75) is 26.9 Å². The summed E-state index contributed by atoms with van der Waals surface area (Å²) in [7, 11) is 0. The van der Waals surface area contributed by atoms with E-state index in [1.807, 2.05) is 56.3 Å². The molecule has 0 aliphatic heterocycles. The minimum absolute atomic E-state index is 0.118. The summed E-state index contributed by atoms with van der Waals surface area (Å²) in [5, 5.41) is 14.6. The second kappa shape index (κ2) is 7.04.